The number of rotatable bonds is 5. The molecule has 6 rings (SSSR count). The first-order valence-corrected chi connectivity index (χ1v) is 11.7. The van der Waals surface area contributed by atoms with Crippen LogP contribution in [0.15, 0.2) is 79.0 Å². The van der Waals surface area contributed by atoms with E-state index in [-0.39, 0.29) is 17.8 Å². The molecule has 4 aromatic rings. The molecule has 3 aromatic carbocycles. The molecule has 2 aliphatic heterocycles. The lowest BCUT2D eigenvalue weighted by Gasteiger charge is -2.28. The molecule has 0 saturated carbocycles. The summed E-state index contributed by atoms with van der Waals surface area (Å²) in [4.78, 5) is 45.3. The number of aromatic amines is 1. The van der Waals surface area contributed by atoms with Gasteiger partial charge in [-0.3, -0.25) is 9.59 Å². The molecule has 0 spiro atoms. The fourth-order valence-electron chi connectivity index (χ4n) is 5.09. The minimum Gasteiger partial charge on any atom is -0.361 e. The van der Waals surface area contributed by atoms with Gasteiger partial charge in [0.2, 0.25) is 0 Å². The van der Waals surface area contributed by atoms with Gasteiger partial charge in [-0.1, -0.05) is 48.5 Å². The van der Waals surface area contributed by atoms with Crippen molar-refractivity contribution in [3.8, 4) is 0 Å². The summed E-state index contributed by atoms with van der Waals surface area (Å²) in [6.07, 6.45) is 3.16. The highest BCUT2D eigenvalue weighted by Gasteiger charge is 2.47. The van der Waals surface area contributed by atoms with Gasteiger partial charge in [0.05, 0.1) is 5.69 Å². The third kappa shape index (κ3) is 3.65. The monoisotopic (exact) mass is 464 g/mol. The molecule has 0 aliphatic carbocycles. The Balaban J connectivity index is 1.16. The number of benzene rings is 3. The van der Waals surface area contributed by atoms with Crippen LogP contribution in [0.3, 0.4) is 0 Å². The second-order valence-corrected chi connectivity index (χ2v) is 8.99. The summed E-state index contributed by atoms with van der Waals surface area (Å²) in [7, 11) is 0. The smallest absolute Gasteiger partial charge is 0.332 e. The zero-order valence-electron chi connectivity index (χ0n) is 19.0. The molecule has 2 aliphatic rings. The van der Waals surface area contributed by atoms with Gasteiger partial charge in [0, 0.05) is 42.2 Å². The van der Waals surface area contributed by atoms with E-state index in [1.807, 2.05) is 48.7 Å². The molecule has 1 saturated heterocycles. The average Bonchev–Trinajstić information content (AvgIpc) is 3.41. The second-order valence-electron chi connectivity index (χ2n) is 8.99. The van der Waals surface area contributed by atoms with E-state index in [2.05, 4.69) is 16.4 Å². The molecule has 1 atom stereocenters. The van der Waals surface area contributed by atoms with Gasteiger partial charge in [-0.2, -0.15) is 0 Å². The number of nitrogens with one attached hydrogen (secondary N) is 2. The predicted octanol–water partition coefficient (Wildman–Crippen LogP) is 4.03. The van der Waals surface area contributed by atoms with Crippen molar-refractivity contribution in [2.75, 3.05) is 11.4 Å². The van der Waals surface area contributed by atoms with Crippen molar-refractivity contribution in [1.29, 1.82) is 0 Å². The Labute approximate surface area is 202 Å². The molecule has 1 aromatic heterocycles. The number of hydrogen-bond donors (Lipinski definition) is 2. The Morgan fingerprint density at radius 1 is 0.971 bits per heavy atom. The number of imide groups is 1. The quantitative estimate of drug-likeness (QED) is 0.437. The minimum atomic E-state index is -0.508. The number of carbonyl (C=O) groups is 3. The molecular weight excluding hydrogens is 440 g/mol. The highest BCUT2D eigenvalue weighted by Crippen LogP contribution is 2.33. The van der Waals surface area contributed by atoms with Crippen molar-refractivity contribution in [2.45, 2.75) is 25.4 Å². The molecule has 35 heavy (non-hydrogen) atoms. The minimum absolute atomic E-state index is 0.240. The van der Waals surface area contributed by atoms with Crippen LogP contribution in [0.4, 0.5) is 10.5 Å². The fraction of sp³-hybridized carbons (Fsp3) is 0.179. The lowest BCUT2D eigenvalue weighted by molar-refractivity contribution is -0.120. The first-order chi connectivity index (χ1) is 17.1. The number of H-pyrrole nitrogens is 1. The van der Waals surface area contributed by atoms with Crippen molar-refractivity contribution in [2.24, 2.45) is 0 Å². The summed E-state index contributed by atoms with van der Waals surface area (Å²) in [6.45, 7) is 0.885. The second kappa shape index (κ2) is 8.43. The molecule has 0 radical (unpaired) electrons. The summed E-state index contributed by atoms with van der Waals surface area (Å²) in [5, 5.41) is 4.10. The van der Waals surface area contributed by atoms with Gasteiger partial charge >= 0.3 is 6.03 Å². The highest BCUT2D eigenvalue weighted by molar-refractivity contribution is 6.21. The molecule has 3 heterocycles. The summed E-state index contributed by atoms with van der Waals surface area (Å²) in [6, 6.07) is 21.8. The lowest BCUT2D eigenvalue weighted by Crippen LogP contribution is -2.39. The summed E-state index contributed by atoms with van der Waals surface area (Å²) in [5.74, 6) is -0.489. The Kier molecular flexibility index (Phi) is 5.10. The maximum atomic E-state index is 13.2. The first-order valence-electron chi connectivity index (χ1n) is 11.7. The van der Waals surface area contributed by atoms with Gasteiger partial charge in [0.15, 0.2) is 0 Å². The van der Waals surface area contributed by atoms with E-state index in [9.17, 15) is 14.4 Å². The van der Waals surface area contributed by atoms with E-state index in [1.54, 1.807) is 29.2 Å². The van der Waals surface area contributed by atoms with Crippen molar-refractivity contribution in [3.05, 3.63) is 101 Å². The van der Waals surface area contributed by atoms with E-state index in [4.69, 9.17) is 0 Å². The maximum absolute atomic E-state index is 13.2. The van der Waals surface area contributed by atoms with E-state index < -0.39 is 6.04 Å². The number of anilines is 1. The van der Waals surface area contributed by atoms with Gasteiger partial charge < -0.3 is 15.2 Å². The van der Waals surface area contributed by atoms with Crippen LogP contribution in [0.25, 0.3) is 10.9 Å². The maximum Gasteiger partial charge on any atom is 0.332 e. The van der Waals surface area contributed by atoms with Gasteiger partial charge in [-0.15, -0.1) is 0 Å². The van der Waals surface area contributed by atoms with Crippen LogP contribution in [0.5, 0.6) is 0 Å². The molecule has 1 unspecified atom stereocenters. The van der Waals surface area contributed by atoms with Gasteiger partial charge in [0.25, 0.3) is 11.8 Å². The lowest BCUT2D eigenvalue weighted by atomic mass is 9.95. The zero-order chi connectivity index (χ0) is 23.9. The van der Waals surface area contributed by atoms with Crippen molar-refractivity contribution >= 4 is 34.4 Å². The van der Waals surface area contributed by atoms with Gasteiger partial charge in [-0.25, -0.2) is 9.69 Å². The largest absolute Gasteiger partial charge is 0.361 e. The molecule has 2 N–H and O–H groups in total. The Morgan fingerprint density at radius 3 is 2.66 bits per heavy atom. The summed E-state index contributed by atoms with van der Waals surface area (Å²) in [5.41, 5.74) is 5.20. The van der Waals surface area contributed by atoms with Crippen LogP contribution in [-0.4, -0.2) is 40.3 Å². The Hall–Kier alpha value is -4.39. The van der Waals surface area contributed by atoms with Crippen LogP contribution in [0.1, 0.15) is 27.0 Å². The average molecular weight is 465 g/mol. The SMILES string of the molecule is O=C(NCCc1c[nH]c2ccccc12)c1cccc(N2C(=O)C3Cc4ccccc4CN3C2=O)c1. The van der Waals surface area contributed by atoms with Crippen molar-refractivity contribution < 1.29 is 14.4 Å². The number of aromatic nitrogens is 1. The topological polar surface area (TPSA) is 85.5 Å². The number of amides is 4. The van der Waals surface area contributed by atoms with E-state index in [1.165, 1.54) is 4.90 Å². The molecule has 7 heteroatoms. The fourth-order valence-corrected chi connectivity index (χ4v) is 5.09. The first kappa shape index (κ1) is 21.2. The summed E-state index contributed by atoms with van der Waals surface area (Å²) >= 11 is 0. The third-order valence-corrected chi connectivity index (χ3v) is 6.91. The van der Waals surface area contributed by atoms with Crippen LogP contribution in [0.2, 0.25) is 0 Å². The zero-order valence-corrected chi connectivity index (χ0v) is 19.0. The van der Waals surface area contributed by atoms with Crippen LogP contribution < -0.4 is 10.2 Å². The van der Waals surface area contributed by atoms with Crippen molar-refractivity contribution in [1.82, 2.24) is 15.2 Å². The molecular formula is C28H24N4O3. The van der Waals surface area contributed by atoms with Crippen LogP contribution in [0, 0.1) is 0 Å². The third-order valence-electron chi connectivity index (χ3n) is 6.91. The van der Waals surface area contributed by atoms with Crippen LogP contribution >= 0.6 is 0 Å². The van der Waals surface area contributed by atoms with Gasteiger partial charge in [-0.05, 0) is 47.4 Å². The Morgan fingerprint density at radius 2 is 1.77 bits per heavy atom. The number of hydrogen-bond acceptors (Lipinski definition) is 3. The number of carbonyl (C=O) groups excluding carboxylic acids is 3. The normalized spacial score (nSPS) is 17.0. The number of nitrogens with zero attached hydrogens (tertiary/aromatic N) is 2. The number of para-hydroxylation sites is 1. The summed E-state index contributed by atoms with van der Waals surface area (Å²) < 4.78 is 0. The van der Waals surface area contributed by atoms with Crippen LogP contribution in [-0.2, 0) is 24.2 Å². The molecule has 0 bridgehead atoms. The number of fused-ring (bicyclic) bond motifs is 3. The molecule has 7 nitrogen and oxygen atoms in total. The Bertz CT molecular complexity index is 1430. The highest BCUT2D eigenvalue weighted by atomic mass is 16.2. The molecule has 1 fully saturated rings. The number of urea groups is 1. The molecule has 174 valence electrons. The van der Waals surface area contributed by atoms with E-state index in [0.29, 0.717) is 37.2 Å². The standard InChI is InChI=1S/C28H24N4O3/c33-26(29-13-12-20-16-30-24-11-4-3-10-23(20)24)19-8-5-9-22(14-19)32-27(34)25-15-18-6-1-2-7-21(18)17-31(25)28(32)35/h1-11,14,16,25,30H,12-13,15,17H2,(H,29,33). The van der Waals surface area contributed by atoms with E-state index >= 15 is 0 Å². The molecule has 4 amide bonds. The van der Waals surface area contributed by atoms with Crippen molar-refractivity contribution in [3.63, 3.8) is 0 Å². The van der Waals surface area contributed by atoms with E-state index in [0.717, 1.165) is 27.6 Å². The van der Waals surface area contributed by atoms with Gasteiger partial charge in [0.1, 0.15) is 6.04 Å². The predicted molar refractivity (Wildman–Crippen MR) is 133 cm³/mol.